The van der Waals surface area contributed by atoms with Gasteiger partial charge in [0.2, 0.25) is 0 Å². The summed E-state index contributed by atoms with van der Waals surface area (Å²) in [7, 11) is 0. The standard InChI is InChI=1S/C12H11ClO3/c1-2-3-9-8-5-4-7(14)6-10(8)16-12(15)11(9)13/h4-6,14H,2-3H2,1H3. The Labute approximate surface area is 97.3 Å². The molecule has 0 aliphatic heterocycles. The summed E-state index contributed by atoms with van der Waals surface area (Å²) in [5.74, 6) is 0.0698. The predicted molar refractivity (Wildman–Crippen MR) is 63.2 cm³/mol. The lowest BCUT2D eigenvalue weighted by molar-refractivity contribution is 0.473. The second kappa shape index (κ2) is 4.18. The SMILES string of the molecule is CCCc1c(Cl)c(=O)oc2cc(O)ccc12. The van der Waals surface area contributed by atoms with Gasteiger partial charge in [0.1, 0.15) is 16.4 Å². The number of aromatic hydroxyl groups is 1. The van der Waals surface area contributed by atoms with Crippen molar-refractivity contribution in [3.8, 4) is 5.75 Å². The maximum Gasteiger partial charge on any atom is 0.355 e. The Kier molecular flexibility index (Phi) is 2.88. The van der Waals surface area contributed by atoms with Crippen molar-refractivity contribution in [1.82, 2.24) is 0 Å². The molecule has 3 nitrogen and oxygen atoms in total. The molecular weight excluding hydrogens is 228 g/mol. The Hall–Kier alpha value is -1.48. The summed E-state index contributed by atoms with van der Waals surface area (Å²) in [4.78, 5) is 11.5. The molecule has 0 unspecified atom stereocenters. The van der Waals surface area contributed by atoms with Crippen LogP contribution >= 0.6 is 11.6 Å². The summed E-state index contributed by atoms with van der Waals surface area (Å²) in [5.41, 5.74) is 0.608. The average molecular weight is 239 g/mol. The van der Waals surface area contributed by atoms with E-state index >= 15 is 0 Å². The van der Waals surface area contributed by atoms with E-state index in [0.717, 1.165) is 17.4 Å². The highest BCUT2D eigenvalue weighted by Gasteiger charge is 2.12. The molecule has 1 aromatic carbocycles. The van der Waals surface area contributed by atoms with Crippen molar-refractivity contribution in [2.75, 3.05) is 0 Å². The molecule has 0 aliphatic carbocycles. The van der Waals surface area contributed by atoms with Crippen LogP contribution in [0.25, 0.3) is 11.0 Å². The van der Waals surface area contributed by atoms with Gasteiger partial charge in [-0.3, -0.25) is 0 Å². The number of hydrogen-bond donors (Lipinski definition) is 1. The molecule has 2 rings (SSSR count). The molecule has 4 heteroatoms. The third-order valence-electron chi connectivity index (χ3n) is 2.44. The number of aryl methyl sites for hydroxylation is 1. The summed E-state index contributed by atoms with van der Waals surface area (Å²) >= 11 is 5.92. The molecule has 0 saturated carbocycles. The van der Waals surface area contributed by atoms with Crippen LogP contribution < -0.4 is 5.63 Å². The highest BCUT2D eigenvalue weighted by atomic mass is 35.5. The van der Waals surface area contributed by atoms with Crippen LogP contribution in [0.15, 0.2) is 27.4 Å². The molecule has 0 spiro atoms. The van der Waals surface area contributed by atoms with Gasteiger partial charge in [0.05, 0.1) is 0 Å². The van der Waals surface area contributed by atoms with E-state index in [-0.39, 0.29) is 10.8 Å². The molecule has 0 fully saturated rings. The number of benzene rings is 1. The molecule has 0 atom stereocenters. The summed E-state index contributed by atoms with van der Waals surface area (Å²) in [6.45, 7) is 2.01. The van der Waals surface area contributed by atoms with Gasteiger partial charge in [-0.2, -0.15) is 0 Å². The number of fused-ring (bicyclic) bond motifs is 1. The van der Waals surface area contributed by atoms with E-state index in [1.807, 2.05) is 6.92 Å². The third-order valence-corrected chi connectivity index (χ3v) is 2.82. The first kappa shape index (κ1) is 11.0. The van der Waals surface area contributed by atoms with Crippen molar-refractivity contribution < 1.29 is 9.52 Å². The van der Waals surface area contributed by atoms with Gasteiger partial charge >= 0.3 is 5.63 Å². The topological polar surface area (TPSA) is 50.4 Å². The molecule has 1 N–H and O–H groups in total. The van der Waals surface area contributed by atoms with Gasteiger partial charge in [-0.05, 0) is 24.1 Å². The van der Waals surface area contributed by atoms with Gasteiger partial charge < -0.3 is 9.52 Å². The number of halogens is 1. The van der Waals surface area contributed by atoms with Crippen LogP contribution in [0.3, 0.4) is 0 Å². The van der Waals surface area contributed by atoms with Gasteiger partial charge in [0.25, 0.3) is 0 Å². The zero-order valence-electron chi connectivity index (χ0n) is 8.79. The number of hydrogen-bond acceptors (Lipinski definition) is 3. The van der Waals surface area contributed by atoms with Crippen LogP contribution in [0.2, 0.25) is 5.02 Å². The Morgan fingerprint density at radius 2 is 2.19 bits per heavy atom. The molecule has 2 aromatic rings. The molecule has 1 heterocycles. The van der Waals surface area contributed by atoms with Gasteiger partial charge in [0, 0.05) is 11.5 Å². The molecule has 84 valence electrons. The van der Waals surface area contributed by atoms with Gasteiger partial charge in [0.15, 0.2) is 0 Å². The first-order valence-corrected chi connectivity index (χ1v) is 5.45. The van der Waals surface area contributed by atoms with Crippen LogP contribution in [-0.2, 0) is 6.42 Å². The number of phenols is 1. The highest BCUT2D eigenvalue weighted by molar-refractivity contribution is 6.31. The van der Waals surface area contributed by atoms with Crippen LogP contribution in [0.4, 0.5) is 0 Å². The lowest BCUT2D eigenvalue weighted by atomic mass is 10.1. The summed E-state index contributed by atoms with van der Waals surface area (Å²) < 4.78 is 5.01. The quantitative estimate of drug-likeness (QED) is 0.818. The lowest BCUT2D eigenvalue weighted by Crippen LogP contribution is -2.04. The monoisotopic (exact) mass is 238 g/mol. The fourth-order valence-corrected chi connectivity index (χ4v) is 1.96. The largest absolute Gasteiger partial charge is 0.508 e. The van der Waals surface area contributed by atoms with E-state index in [1.54, 1.807) is 12.1 Å². The molecule has 1 aromatic heterocycles. The van der Waals surface area contributed by atoms with Gasteiger partial charge in [-0.1, -0.05) is 24.9 Å². The predicted octanol–water partition coefficient (Wildman–Crippen LogP) is 3.10. The van der Waals surface area contributed by atoms with E-state index in [9.17, 15) is 9.90 Å². The third kappa shape index (κ3) is 1.78. The highest BCUT2D eigenvalue weighted by Crippen LogP contribution is 2.26. The zero-order chi connectivity index (χ0) is 11.7. The number of rotatable bonds is 2. The maximum absolute atomic E-state index is 11.5. The van der Waals surface area contributed by atoms with E-state index in [0.29, 0.717) is 12.0 Å². The molecule has 0 amide bonds. The minimum Gasteiger partial charge on any atom is -0.508 e. The normalized spacial score (nSPS) is 10.9. The molecule has 0 saturated heterocycles. The molecular formula is C12H11ClO3. The van der Waals surface area contributed by atoms with E-state index in [4.69, 9.17) is 16.0 Å². The Morgan fingerprint density at radius 3 is 2.88 bits per heavy atom. The fraction of sp³-hybridized carbons (Fsp3) is 0.250. The summed E-state index contributed by atoms with van der Waals surface area (Å²) in [6.07, 6.45) is 1.60. The average Bonchev–Trinajstić information content (AvgIpc) is 2.24. The van der Waals surface area contributed by atoms with E-state index in [2.05, 4.69) is 0 Å². The Morgan fingerprint density at radius 1 is 1.44 bits per heavy atom. The van der Waals surface area contributed by atoms with Crippen LogP contribution in [-0.4, -0.2) is 5.11 Å². The van der Waals surface area contributed by atoms with Crippen molar-refractivity contribution in [2.24, 2.45) is 0 Å². The zero-order valence-corrected chi connectivity index (χ0v) is 9.54. The molecule has 0 aliphatic rings. The Balaban J connectivity index is 2.83. The van der Waals surface area contributed by atoms with E-state index < -0.39 is 5.63 Å². The Bertz CT molecular complexity index is 587. The smallest absolute Gasteiger partial charge is 0.355 e. The first-order chi connectivity index (χ1) is 7.63. The number of phenolic OH excluding ortho intramolecular Hbond substituents is 1. The van der Waals surface area contributed by atoms with Crippen molar-refractivity contribution in [3.63, 3.8) is 0 Å². The molecule has 16 heavy (non-hydrogen) atoms. The van der Waals surface area contributed by atoms with Gasteiger partial charge in [-0.25, -0.2) is 4.79 Å². The first-order valence-electron chi connectivity index (χ1n) is 5.07. The molecule has 0 bridgehead atoms. The van der Waals surface area contributed by atoms with Crippen molar-refractivity contribution in [1.29, 1.82) is 0 Å². The second-order valence-corrected chi connectivity index (χ2v) is 3.99. The maximum atomic E-state index is 11.5. The fourth-order valence-electron chi connectivity index (χ4n) is 1.73. The van der Waals surface area contributed by atoms with Gasteiger partial charge in [-0.15, -0.1) is 0 Å². The summed E-state index contributed by atoms with van der Waals surface area (Å²) in [5, 5.41) is 10.2. The van der Waals surface area contributed by atoms with E-state index in [1.165, 1.54) is 6.07 Å². The van der Waals surface area contributed by atoms with Crippen LogP contribution in [0.1, 0.15) is 18.9 Å². The van der Waals surface area contributed by atoms with Crippen molar-refractivity contribution >= 4 is 22.6 Å². The van der Waals surface area contributed by atoms with Crippen LogP contribution in [0.5, 0.6) is 5.75 Å². The minimum atomic E-state index is -0.553. The second-order valence-electron chi connectivity index (χ2n) is 3.61. The van der Waals surface area contributed by atoms with Crippen molar-refractivity contribution in [2.45, 2.75) is 19.8 Å². The summed E-state index contributed by atoms with van der Waals surface area (Å²) in [6, 6.07) is 4.69. The van der Waals surface area contributed by atoms with Crippen LogP contribution in [0, 0.1) is 0 Å². The van der Waals surface area contributed by atoms with Crippen molar-refractivity contribution in [3.05, 3.63) is 39.2 Å². The molecule has 0 radical (unpaired) electrons. The minimum absolute atomic E-state index is 0.0698. The lowest BCUT2D eigenvalue weighted by Gasteiger charge is -2.06.